The molecular formula is C12H15BrN2OS. The number of likely N-dealkylation sites (N-methyl/N-ethyl adjacent to an activating group) is 1. The largest absolute Gasteiger partial charge is 0.324 e. The van der Waals surface area contributed by atoms with Crippen molar-refractivity contribution in [1.82, 2.24) is 5.32 Å². The van der Waals surface area contributed by atoms with E-state index in [1.54, 1.807) is 11.8 Å². The van der Waals surface area contributed by atoms with Crippen LogP contribution in [0.4, 0.5) is 5.69 Å². The lowest BCUT2D eigenvalue weighted by molar-refractivity contribution is -0.117. The Kier molecular flexibility index (Phi) is 4.12. The van der Waals surface area contributed by atoms with Crippen LogP contribution in [0.25, 0.3) is 0 Å². The molecule has 0 fully saturated rings. The van der Waals surface area contributed by atoms with Gasteiger partial charge >= 0.3 is 0 Å². The monoisotopic (exact) mass is 314 g/mol. The molecule has 92 valence electrons. The maximum Gasteiger partial charge on any atom is 0.246 e. The molecule has 1 atom stereocenters. The van der Waals surface area contributed by atoms with Gasteiger partial charge in [-0.15, -0.1) is 11.8 Å². The van der Waals surface area contributed by atoms with Gasteiger partial charge in [0, 0.05) is 20.6 Å². The molecule has 2 N–H and O–H groups in total. The first-order chi connectivity index (χ1) is 8.17. The van der Waals surface area contributed by atoms with Crippen LogP contribution >= 0.6 is 27.7 Å². The van der Waals surface area contributed by atoms with E-state index in [0.717, 1.165) is 28.0 Å². The van der Waals surface area contributed by atoms with Crippen LogP contribution in [0.5, 0.6) is 0 Å². The Morgan fingerprint density at radius 1 is 1.47 bits per heavy atom. The summed E-state index contributed by atoms with van der Waals surface area (Å²) in [5.74, 6) is 1.05. The van der Waals surface area contributed by atoms with Crippen LogP contribution in [0.15, 0.2) is 21.5 Å². The summed E-state index contributed by atoms with van der Waals surface area (Å²) < 4.78 is 1.06. The number of fused-ring (bicyclic) bond motifs is 1. The molecule has 1 heterocycles. The maximum atomic E-state index is 11.8. The third kappa shape index (κ3) is 2.51. The number of benzene rings is 1. The second-order valence-corrected chi connectivity index (χ2v) is 5.94. The number of halogens is 1. The third-order valence-corrected chi connectivity index (χ3v) is 4.50. The minimum Gasteiger partial charge on any atom is -0.324 e. The Balaban J connectivity index is 2.37. The highest BCUT2D eigenvalue weighted by Crippen LogP contribution is 2.38. The highest BCUT2D eigenvalue weighted by atomic mass is 79.9. The molecule has 0 saturated carbocycles. The lowest BCUT2D eigenvalue weighted by Gasteiger charge is -2.10. The van der Waals surface area contributed by atoms with Gasteiger partial charge in [-0.25, -0.2) is 0 Å². The van der Waals surface area contributed by atoms with Gasteiger partial charge in [-0.3, -0.25) is 4.79 Å². The van der Waals surface area contributed by atoms with Crippen LogP contribution in [0, 0.1) is 0 Å². The first-order valence-electron chi connectivity index (χ1n) is 5.67. The number of carbonyl (C=O) groups excluding carboxylic acids is 1. The molecule has 0 bridgehead atoms. The Morgan fingerprint density at radius 3 is 2.88 bits per heavy atom. The van der Waals surface area contributed by atoms with Gasteiger partial charge in [-0.2, -0.15) is 0 Å². The maximum absolute atomic E-state index is 11.8. The second-order valence-electron chi connectivity index (χ2n) is 3.78. The summed E-state index contributed by atoms with van der Waals surface area (Å²) in [6.45, 7) is 4.90. The van der Waals surface area contributed by atoms with Crippen molar-refractivity contribution in [3.05, 3.63) is 22.2 Å². The molecule has 1 aromatic rings. The molecule has 1 unspecified atom stereocenters. The number of thioether (sulfide) groups is 1. The minimum atomic E-state index is -0.216. The summed E-state index contributed by atoms with van der Waals surface area (Å²) >= 11 is 5.33. The van der Waals surface area contributed by atoms with Gasteiger partial charge in [0.15, 0.2) is 0 Å². The van der Waals surface area contributed by atoms with Gasteiger partial charge in [0.1, 0.15) is 6.04 Å². The zero-order chi connectivity index (χ0) is 12.4. The molecule has 5 heteroatoms. The van der Waals surface area contributed by atoms with E-state index in [2.05, 4.69) is 33.5 Å². The standard InChI is InChI=1S/C12H15BrN2OS/c1-3-14-11-7-5-8(13)10(17-4-2)6-9(7)15-12(11)16/h5-6,11,14H,3-4H2,1-2H3,(H,15,16). The SMILES string of the molecule is CCNC1C(=O)Nc2cc(SCC)c(Br)cc21. The fraction of sp³-hybridized carbons (Fsp3) is 0.417. The summed E-state index contributed by atoms with van der Waals surface area (Å²) in [7, 11) is 0. The van der Waals surface area contributed by atoms with E-state index >= 15 is 0 Å². The molecule has 0 aliphatic carbocycles. The summed E-state index contributed by atoms with van der Waals surface area (Å²) in [6, 6.07) is 3.87. The summed E-state index contributed by atoms with van der Waals surface area (Å²) in [5.41, 5.74) is 1.96. The van der Waals surface area contributed by atoms with E-state index in [9.17, 15) is 4.79 Å². The molecule has 2 rings (SSSR count). The van der Waals surface area contributed by atoms with Crippen LogP contribution in [0.1, 0.15) is 25.5 Å². The number of carbonyl (C=O) groups is 1. The fourth-order valence-electron chi connectivity index (χ4n) is 1.93. The normalized spacial score (nSPS) is 18.1. The van der Waals surface area contributed by atoms with Crippen molar-refractivity contribution in [2.45, 2.75) is 24.8 Å². The molecule has 1 aliphatic rings. The molecule has 0 radical (unpaired) electrons. The Bertz CT molecular complexity index is 450. The summed E-state index contributed by atoms with van der Waals surface area (Å²) in [4.78, 5) is 13.0. The van der Waals surface area contributed by atoms with E-state index in [-0.39, 0.29) is 11.9 Å². The van der Waals surface area contributed by atoms with Crippen LogP contribution in [0.2, 0.25) is 0 Å². The van der Waals surface area contributed by atoms with E-state index < -0.39 is 0 Å². The van der Waals surface area contributed by atoms with E-state index in [1.165, 1.54) is 4.90 Å². The van der Waals surface area contributed by atoms with Crippen molar-refractivity contribution in [3.8, 4) is 0 Å². The molecule has 0 saturated heterocycles. The number of hydrogen-bond acceptors (Lipinski definition) is 3. The van der Waals surface area contributed by atoms with Crippen LogP contribution in [-0.4, -0.2) is 18.2 Å². The number of nitrogens with one attached hydrogen (secondary N) is 2. The van der Waals surface area contributed by atoms with Crippen molar-refractivity contribution in [3.63, 3.8) is 0 Å². The molecule has 0 spiro atoms. The third-order valence-electron chi connectivity index (χ3n) is 2.64. The average molecular weight is 315 g/mol. The predicted octanol–water partition coefficient (Wildman–Crippen LogP) is 3.16. The van der Waals surface area contributed by atoms with Crippen LogP contribution in [0.3, 0.4) is 0 Å². The van der Waals surface area contributed by atoms with Crippen molar-refractivity contribution in [2.75, 3.05) is 17.6 Å². The van der Waals surface area contributed by atoms with Crippen molar-refractivity contribution in [2.24, 2.45) is 0 Å². The Morgan fingerprint density at radius 2 is 2.24 bits per heavy atom. The molecule has 17 heavy (non-hydrogen) atoms. The number of amides is 1. The second kappa shape index (κ2) is 5.42. The number of hydrogen-bond donors (Lipinski definition) is 2. The van der Waals surface area contributed by atoms with Crippen molar-refractivity contribution < 1.29 is 4.79 Å². The highest BCUT2D eigenvalue weighted by molar-refractivity contribution is 9.10. The number of rotatable bonds is 4. The molecular weight excluding hydrogens is 300 g/mol. The number of anilines is 1. The van der Waals surface area contributed by atoms with Crippen LogP contribution < -0.4 is 10.6 Å². The van der Waals surface area contributed by atoms with Gasteiger partial charge in [0.05, 0.1) is 0 Å². The average Bonchev–Trinajstić information content (AvgIpc) is 2.57. The molecule has 1 aliphatic heterocycles. The van der Waals surface area contributed by atoms with Gasteiger partial charge < -0.3 is 10.6 Å². The minimum absolute atomic E-state index is 0.0346. The zero-order valence-corrected chi connectivity index (χ0v) is 12.2. The highest BCUT2D eigenvalue weighted by Gasteiger charge is 2.30. The lowest BCUT2D eigenvalue weighted by atomic mass is 10.1. The Labute approximate surface area is 114 Å². The summed E-state index contributed by atoms with van der Waals surface area (Å²) in [6.07, 6.45) is 0. The van der Waals surface area contributed by atoms with Gasteiger partial charge in [0.25, 0.3) is 0 Å². The first kappa shape index (κ1) is 12.9. The first-order valence-corrected chi connectivity index (χ1v) is 7.45. The molecule has 1 aromatic carbocycles. The lowest BCUT2D eigenvalue weighted by Crippen LogP contribution is -2.27. The molecule has 0 aromatic heterocycles. The zero-order valence-electron chi connectivity index (χ0n) is 9.84. The van der Waals surface area contributed by atoms with E-state index in [0.29, 0.717) is 0 Å². The predicted molar refractivity (Wildman–Crippen MR) is 75.6 cm³/mol. The summed E-state index contributed by atoms with van der Waals surface area (Å²) in [5, 5.41) is 6.11. The van der Waals surface area contributed by atoms with E-state index in [1.807, 2.05) is 19.1 Å². The van der Waals surface area contributed by atoms with Gasteiger partial charge in [0.2, 0.25) is 5.91 Å². The van der Waals surface area contributed by atoms with Crippen molar-refractivity contribution in [1.29, 1.82) is 0 Å². The van der Waals surface area contributed by atoms with Crippen molar-refractivity contribution >= 4 is 39.3 Å². The topological polar surface area (TPSA) is 41.1 Å². The van der Waals surface area contributed by atoms with E-state index in [4.69, 9.17) is 0 Å². The fourth-order valence-corrected chi connectivity index (χ4v) is 3.35. The smallest absolute Gasteiger partial charge is 0.246 e. The molecule has 3 nitrogen and oxygen atoms in total. The quantitative estimate of drug-likeness (QED) is 0.839. The van der Waals surface area contributed by atoms with Gasteiger partial charge in [-0.1, -0.05) is 13.8 Å². The van der Waals surface area contributed by atoms with Gasteiger partial charge in [-0.05, 0) is 40.4 Å². The Hall–Kier alpha value is -0.520. The molecule has 1 amide bonds. The van der Waals surface area contributed by atoms with Crippen LogP contribution in [-0.2, 0) is 4.79 Å².